The third-order valence-electron chi connectivity index (χ3n) is 4.45. The summed E-state index contributed by atoms with van der Waals surface area (Å²) in [4.78, 5) is 26.4. The van der Waals surface area contributed by atoms with E-state index in [9.17, 15) is 9.59 Å². The van der Waals surface area contributed by atoms with Crippen LogP contribution >= 0.6 is 0 Å². The van der Waals surface area contributed by atoms with Crippen LogP contribution in [0, 0.1) is 0 Å². The van der Waals surface area contributed by atoms with E-state index < -0.39 is 0 Å². The number of rotatable bonds is 4. The fourth-order valence-corrected chi connectivity index (χ4v) is 3.05. The number of nitrogens with one attached hydrogen (secondary N) is 1. The van der Waals surface area contributed by atoms with Gasteiger partial charge in [0.2, 0.25) is 5.91 Å². The number of amides is 1. The SMILES string of the molecule is COc1ccc(Cn2nc3ccc(N4CCNCC4=O)cn3c2=O)cc1. The number of hydrogen-bond acceptors (Lipinski definition) is 5. The molecule has 8 heteroatoms. The highest BCUT2D eigenvalue weighted by molar-refractivity contribution is 5.95. The maximum atomic E-state index is 12.7. The zero-order valence-corrected chi connectivity index (χ0v) is 14.4. The average molecular weight is 353 g/mol. The molecule has 0 aliphatic carbocycles. The topological polar surface area (TPSA) is 80.9 Å². The Balaban J connectivity index is 1.65. The van der Waals surface area contributed by atoms with Crippen molar-refractivity contribution < 1.29 is 9.53 Å². The molecule has 1 aromatic carbocycles. The Bertz CT molecular complexity index is 1010. The molecule has 26 heavy (non-hydrogen) atoms. The number of benzene rings is 1. The number of nitrogens with zero attached hydrogens (tertiary/aromatic N) is 4. The van der Waals surface area contributed by atoms with Crippen LogP contribution in [0.5, 0.6) is 5.75 Å². The van der Waals surface area contributed by atoms with E-state index >= 15 is 0 Å². The van der Waals surface area contributed by atoms with Gasteiger partial charge in [-0.15, -0.1) is 5.10 Å². The van der Waals surface area contributed by atoms with E-state index in [0.717, 1.165) is 17.9 Å². The number of hydrogen-bond donors (Lipinski definition) is 1. The molecule has 4 rings (SSSR count). The number of aromatic nitrogens is 3. The maximum Gasteiger partial charge on any atom is 0.350 e. The zero-order chi connectivity index (χ0) is 18.1. The van der Waals surface area contributed by atoms with E-state index in [4.69, 9.17) is 4.74 Å². The van der Waals surface area contributed by atoms with Gasteiger partial charge in [-0.3, -0.25) is 4.79 Å². The molecular weight excluding hydrogens is 334 g/mol. The highest BCUT2D eigenvalue weighted by Gasteiger charge is 2.20. The second-order valence-corrected chi connectivity index (χ2v) is 6.13. The Morgan fingerprint density at radius 1 is 1.15 bits per heavy atom. The standard InChI is InChI=1S/C18H19N5O3/c1-26-15-5-2-13(3-6-15)11-23-18(25)22-12-14(4-7-16(22)20-23)21-9-8-19-10-17(21)24/h2-7,12,19H,8-11H2,1H3. The van der Waals surface area contributed by atoms with Crippen molar-refractivity contribution in [3.63, 3.8) is 0 Å². The van der Waals surface area contributed by atoms with Gasteiger partial charge in [0, 0.05) is 19.3 Å². The van der Waals surface area contributed by atoms with Crippen molar-refractivity contribution in [1.29, 1.82) is 0 Å². The summed E-state index contributed by atoms with van der Waals surface area (Å²) in [6.45, 7) is 1.99. The third-order valence-corrected chi connectivity index (χ3v) is 4.45. The molecule has 0 atom stereocenters. The first-order valence-electron chi connectivity index (χ1n) is 8.39. The summed E-state index contributed by atoms with van der Waals surface area (Å²) < 4.78 is 8.04. The van der Waals surface area contributed by atoms with Gasteiger partial charge in [-0.25, -0.2) is 13.9 Å². The van der Waals surface area contributed by atoms with Gasteiger partial charge in [-0.2, -0.15) is 0 Å². The van der Waals surface area contributed by atoms with Gasteiger partial charge < -0.3 is 15.0 Å². The molecule has 0 radical (unpaired) electrons. The minimum atomic E-state index is -0.236. The van der Waals surface area contributed by atoms with Crippen molar-refractivity contribution in [3.05, 3.63) is 58.6 Å². The van der Waals surface area contributed by atoms with Crippen LogP contribution in [0.1, 0.15) is 5.56 Å². The van der Waals surface area contributed by atoms with Crippen LogP contribution in [0.4, 0.5) is 5.69 Å². The summed E-state index contributed by atoms with van der Waals surface area (Å²) in [5.41, 5.74) is 1.97. The molecule has 1 aliphatic heterocycles. The summed E-state index contributed by atoms with van der Waals surface area (Å²) in [5.74, 6) is 0.760. The number of methoxy groups -OCH3 is 1. The van der Waals surface area contributed by atoms with Crippen molar-refractivity contribution in [3.8, 4) is 5.75 Å². The molecule has 1 amide bonds. The average Bonchev–Trinajstić information content (AvgIpc) is 2.98. The first-order chi connectivity index (χ1) is 12.7. The summed E-state index contributed by atoms with van der Waals surface area (Å²) >= 11 is 0. The van der Waals surface area contributed by atoms with E-state index in [1.807, 2.05) is 30.3 Å². The summed E-state index contributed by atoms with van der Waals surface area (Å²) in [6.07, 6.45) is 1.68. The number of carbonyl (C=O) groups is 1. The Morgan fingerprint density at radius 2 is 1.96 bits per heavy atom. The van der Waals surface area contributed by atoms with Crippen LogP contribution in [-0.4, -0.2) is 46.8 Å². The zero-order valence-electron chi connectivity index (χ0n) is 14.4. The van der Waals surface area contributed by atoms with Crippen LogP contribution in [0.3, 0.4) is 0 Å². The second-order valence-electron chi connectivity index (χ2n) is 6.13. The Hall–Kier alpha value is -3.13. The van der Waals surface area contributed by atoms with Gasteiger partial charge in [0.1, 0.15) is 5.75 Å². The van der Waals surface area contributed by atoms with E-state index in [-0.39, 0.29) is 11.6 Å². The number of fused-ring (bicyclic) bond motifs is 1. The number of ether oxygens (including phenoxy) is 1. The lowest BCUT2D eigenvalue weighted by Gasteiger charge is -2.27. The molecule has 0 spiro atoms. The van der Waals surface area contributed by atoms with Crippen molar-refractivity contribution in [2.24, 2.45) is 0 Å². The van der Waals surface area contributed by atoms with E-state index in [2.05, 4.69) is 10.4 Å². The van der Waals surface area contributed by atoms with Crippen LogP contribution in [0.15, 0.2) is 47.4 Å². The lowest BCUT2D eigenvalue weighted by Crippen LogP contribution is -2.48. The van der Waals surface area contributed by atoms with Crippen molar-refractivity contribution in [2.75, 3.05) is 31.6 Å². The van der Waals surface area contributed by atoms with Gasteiger partial charge >= 0.3 is 5.69 Å². The van der Waals surface area contributed by atoms with Crippen molar-refractivity contribution >= 4 is 17.2 Å². The smallest absolute Gasteiger partial charge is 0.350 e. The lowest BCUT2D eigenvalue weighted by atomic mass is 10.2. The highest BCUT2D eigenvalue weighted by atomic mass is 16.5. The molecule has 1 aliphatic rings. The van der Waals surface area contributed by atoms with E-state index in [1.165, 1.54) is 9.08 Å². The normalized spacial score (nSPS) is 14.8. The van der Waals surface area contributed by atoms with Crippen LogP contribution < -0.4 is 20.6 Å². The first-order valence-corrected chi connectivity index (χ1v) is 8.39. The summed E-state index contributed by atoms with van der Waals surface area (Å²) in [7, 11) is 1.61. The summed E-state index contributed by atoms with van der Waals surface area (Å²) in [5, 5.41) is 7.41. The molecule has 2 aromatic heterocycles. The minimum absolute atomic E-state index is 0.00530. The Labute approximate surface area is 149 Å². The molecule has 8 nitrogen and oxygen atoms in total. The number of pyridine rings is 1. The number of anilines is 1. The molecule has 3 aromatic rings. The van der Waals surface area contributed by atoms with E-state index in [0.29, 0.717) is 31.0 Å². The predicted molar refractivity (Wildman–Crippen MR) is 96.8 cm³/mol. The molecule has 0 unspecified atom stereocenters. The molecule has 0 saturated carbocycles. The van der Waals surface area contributed by atoms with Crippen LogP contribution in [0.2, 0.25) is 0 Å². The second kappa shape index (κ2) is 6.64. The van der Waals surface area contributed by atoms with Crippen LogP contribution in [0.25, 0.3) is 5.65 Å². The van der Waals surface area contributed by atoms with E-state index in [1.54, 1.807) is 24.3 Å². The summed E-state index contributed by atoms with van der Waals surface area (Å²) in [6, 6.07) is 11.1. The van der Waals surface area contributed by atoms with Gasteiger partial charge in [0.25, 0.3) is 0 Å². The van der Waals surface area contributed by atoms with Gasteiger partial charge in [-0.1, -0.05) is 12.1 Å². The minimum Gasteiger partial charge on any atom is -0.497 e. The molecule has 1 N–H and O–H groups in total. The Morgan fingerprint density at radius 3 is 2.69 bits per heavy atom. The molecule has 0 bridgehead atoms. The maximum absolute atomic E-state index is 12.7. The largest absolute Gasteiger partial charge is 0.497 e. The van der Waals surface area contributed by atoms with Crippen LogP contribution in [-0.2, 0) is 11.3 Å². The number of carbonyl (C=O) groups excluding carboxylic acids is 1. The molecule has 134 valence electrons. The lowest BCUT2D eigenvalue weighted by molar-refractivity contribution is -0.118. The van der Waals surface area contributed by atoms with Gasteiger partial charge in [0.05, 0.1) is 25.9 Å². The third kappa shape index (κ3) is 2.95. The van der Waals surface area contributed by atoms with Crippen molar-refractivity contribution in [2.45, 2.75) is 6.54 Å². The molecule has 3 heterocycles. The predicted octanol–water partition coefficient (Wildman–Crippen LogP) is 0.489. The fraction of sp³-hybridized carbons (Fsp3) is 0.278. The molecular formula is C18H19N5O3. The first kappa shape index (κ1) is 16.3. The highest BCUT2D eigenvalue weighted by Crippen LogP contribution is 2.16. The number of piperazine rings is 1. The van der Waals surface area contributed by atoms with Gasteiger partial charge in [0.15, 0.2) is 5.65 Å². The van der Waals surface area contributed by atoms with Gasteiger partial charge in [-0.05, 0) is 29.8 Å². The molecule has 1 saturated heterocycles. The quantitative estimate of drug-likeness (QED) is 0.738. The van der Waals surface area contributed by atoms with Crippen molar-refractivity contribution in [1.82, 2.24) is 19.5 Å². The fourth-order valence-electron chi connectivity index (χ4n) is 3.05. The monoisotopic (exact) mass is 353 g/mol. The Kier molecular flexibility index (Phi) is 4.18. The molecule has 1 fully saturated rings.